The van der Waals surface area contributed by atoms with Crippen molar-refractivity contribution in [2.45, 2.75) is 6.92 Å². The lowest BCUT2D eigenvalue weighted by Crippen LogP contribution is -2.25. The van der Waals surface area contributed by atoms with E-state index in [4.69, 9.17) is 5.21 Å². The standard InChI is InChI=1S/C7H8N2O3/c1-6-2-4-7(5-3-6)8(10)9(11)12/h2-5,10H,1H3. The maximum absolute atomic E-state index is 10.1. The summed E-state index contributed by atoms with van der Waals surface area (Å²) in [6, 6.07) is 6.31. The lowest BCUT2D eigenvalue weighted by molar-refractivity contribution is -0.541. The molecule has 0 spiro atoms. The van der Waals surface area contributed by atoms with Crippen molar-refractivity contribution in [1.82, 2.24) is 0 Å². The Bertz CT molecular complexity index is 283. The molecule has 1 aromatic rings. The summed E-state index contributed by atoms with van der Waals surface area (Å²) in [6.45, 7) is 1.86. The highest BCUT2D eigenvalue weighted by Gasteiger charge is 2.11. The fraction of sp³-hybridized carbons (Fsp3) is 0.143. The maximum Gasteiger partial charge on any atom is 0.192 e. The van der Waals surface area contributed by atoms with E-state index in [9.17, 15) is 10.1 Å². The topological polar surface area (TPSA) is 66.6 Å². The van der Waals surface area contributed by atoms with Crippen LogP contribution in [-0.4, -0.2) is 10.2 Å². The molecule has 0 heterocycles. The zero-order valence-corrected chi connectivity index (χ0v) is 6.47. The van der Waals surface area contributed by atoms with Gasteiger partial charge >= 0.3 is 0 Å². The summed E-state index contributed by atoms with van der Waals surface area (Å²) in [5.74, 6) is 0. The van der Waals surface area contributed by atoms with Crippen molar-refractivity contribution in [3.8, 4) is 0 Å². The molecular weight excluding hydrogens is 160 g/mol. The molecule has 1 aromatic carbocycles. The van der Waals surface area contributed by atoms with E-state index in [-0.39, 0.29) is 10.9 Å². The van der Waals surface area contributed by atoms with Crippen LogP contribution in [0, 0.1) is 17.0 Å². The minimum absolute atomic E-state index is 0.0144. The number of hydrazine groups is 1. The van der Waals surface area contributed by atoms with Crippen LogP contribution in [0.4, 0.5) is 5.69 Å². The average molecular weight is 168 g/mol. The van der Waals surface area contributed by atoms with E-state index in [0.29, 0.717) is 0 Å². The fourth-order valence-electron chi connectivity index (χ4n) is 0.772. The van der Waals surface area contributed by atoms with Crippen LogP contribution in [0.5, 0.6) is 0 Å². The summed E-state index contributed by atoms with van der Waals surface area (Å²) in [5.41, 5.74) is 1.13. The quantitative estimate of drug-likeness (QED) is 0.535. The van der Waals surface area contributed by atoms with Gasteiger partial charge < -0.3 is 0 Å². The molecule has 0 aliphatic carbocycles. The predicted molar refractivity (Wildman–Crippen MR) is 42.4 cm³/mol. The molecule has 5 heteroatoms. The Labute approximate surface area is 68.9 Å². The molecule has 0 aliphatic rings. The van der Waals surface area contributed by atoms with Gasteiger partial charge in [-0.05, 0) is 19.1 Å². The summed E-state index contributed by atoms with van der Waals surface area (Å²) >= 11 is 0. The third-order valence-electron chi connectivity index (χ3n) is 1.42. The molecule has 0 fully saturated rings. The molecule has 64 valence electrons. The number of hydrogen-bond acceptors (Lipinski definition) is 3. The summed E-state index contributed by atoms with van der Waals surface area (Å²) in [4.78, 5) is 10.1. The van der Waals surface area contributed by atoms with Crippen LogP contribution in [0.25, 0.3) is 0 Å². The molecule has 0 atom stereocenters. The van der Waals surface area contributed by atoms with Gasteiger partial charge in [0.05, 0.1) is 0 Å². The first-order valence-electron chi connectivity index (χ1n) is 3.31. The van der Waals surface area contributed by atoms with Crippen molar-refractivity contribution >= 4 is 5.69 Å². The van der Waals surface area contributed by atoms with Gasteiger partial charge in [-0.3, -0.25) is 0 Å². The van der Waals surface area contributed by atoms with Gasteiger partial charge in [-0.25, -0.2) is 15.3 Å². The number of nitrogens with zero attached hydrogens (tertiary/aromatic N) is 2. The summed E-state index contributed by atoms with van der Waals surface area (Å²) < 4.78 is 0. The zero-order valence-electron chi connectivity index (χ0n) is 6.47. The van der Waals surface area contributed by atoms with Crippen LogP contribution in [0.2, 0.25) is 0 Å². The first kappa shape index (κ1) is 8.48. The van der Waals surface area contributed by atoms with Crippen molar-refractivity contribution in [1.29, 1.82) is 0 Å². The first-order chi connectivity index (χ1) is 5.61. The summed E-state index contributed by atoms with van der Waals surface area (Å²) in [6.07, 6.45) is 0. The van der Waals surface area contributed by atoms with Gasteiger partial charge in [0, 0.05) is 5.17 Å². The van der Waals surface area contributed by atoms with Crippen LogP contribution in [0.1, 0.15) is 5.56 Å². The van der Waals surface area contributed by atoms with E-state index in [1.807, 2.05) is 6.92 Å². The van der Waals surface area contributed by atoms with Crippen LogP contribution < -0.4 is 5.17 Å². The second-order valence-electron chi connectivity index (χ2n) is 2.36. The number of nitro groups is 1. The highest BCUT2D eigenvalue weighted by molar-refractivity contribution is 5.42. The third kappa shape index (κ3) is 1.70. The van der Waals surface area contributed by atoms with E-state index in [1.54, 1.807) is 12.1 Å². The normalized spacial score (nSPS) is 9.50. The van der Waals surface area contributed by atoms with E-state index in [2.05, 4.69) is 0 Å². The molecule has 12 heavy (non-hydrogen) atoms. The molecule has 0 aliphatic heterocycles. The number of hydrogen-bond donors (Lipinski definition) is 1. The molecule has 0 unspecified atom stereocenters. The SMILES string of the molecule is Cc1ccc(N(O)[N+](=O)[O-])cc1. The lowest BCUT2D eigenvalue weighted by Gasteiger charge is -2.04. The maximum atomic E-state index is 10.1. The van der Waals surface area contributed by atoms with E-state index >= 15 is 0 Å². The van der Waals surface area contributed by atoms with Gasteiger partial charge in [0.1, 0.15) is 5.69 Å². The summed E-state index contributed by atoms with van der Waals surface area (Å²) in [7, 11) is 0. The van der Waals surface area contributed by atoms with Crippen LogP contribution in [0.15, 0.2) is 24.3 Å². The van der Waals surface area contributed by atoms with Gasteiger partial charge in [-0.1, -0.05) is 17.7 Å². The van der Waals surface area contributed by atoms with Gasteiger partial charge in [0.15, 0.2) is 5.03 Å². The number of benzene rings is 1. The molecule has 0 amide bonds. The predicted octanol–water partition coefficient (Wildman–Crippen LogP) is 1.38. The molecule has 0 radical (unpaired) electrons. The van der Waals surface area contributed by atoms with Crippen LogP contribution in [0.3, 0.4) is 0 Å². The summed E-state index contributed by atoms with van der Waals surface area (Å²) in [5, 5.41) is 18.0. The van der Waals surface area contributed by atoms with Crippen molar-refractivity contribution in [2.24, 2.45) is 0 Å². The van der Waals surface area contributed by atoms with Gasteiger partial charge in [0.2, 0.25) is 0 Å². The van der Waals surface area contributed by atoms with Crippen LogP contribution >= 0.6 is 0 Å². The van der Waals surface area contributed by atoms with Crippen LogP contribution in [-0.2, 0) is 0 Å². The Hall–Kier alpha value is -1.62. The van der Waals surface area contributed by atoms with Crippen molar-refractivity contribution in [3.63, 3.8) is 0 Å². The van der Waals surface area contributed by atoms with E-state index in [0.717, 1.165) is 5.56 Å². The highest BCUT2D eigenvalue weighted by Crippen LogP contribution is 2.12. The Kier molecular flexibility index (Phi) is 2.25. The number of anilines is 1. The molecule has 0 saturated carbocycles. The molecule has 1 N–H and O–H groups in total. The first-order valence-corrected chi connectivity index (χ1v) is 3.31. The third-order valence-corrected chi connectivity index (χ3v) is 1.42. The Balaban J connectivity index is 2.89. The Morgan fingerprint density at radius 2 is 1.92 bits per heavy atom. The monoisotopic (exact) mass is 168 g/mol. The second-order valence-corrected chi connectivity index (χ2v) is 2.36. The van der Waals surface area contributed by atoms with Crippen molar-refractivity contribution in [2.75, 3.05) is 5.17 Å². The van der Waals surface area contributed by atoms with Crippen molar-refractivity contribution < 1.29 is 10.2 Å². The smallest absolute Gasteiger partial charge is 0.192 e. The van der Waals surface area contributed by atoms with Gasteiger partial charge in [-0.2, -0.15) is 0 Å². The molecule has 0 saturated heterocycles. The second kappa shape index (κ2) is 3.19. The molecule has 5 nitrogen and oxygen atoms in total. The zero-order chi connectivity index (χ0) is 9.14. The number of aryl methyl sites for hydroxylation is 1. The average Bonchev–Trinajstić information content (AvgIpc) is 2.04. The highest BCUT2D eigenvalue weighted by atomic mass is 16.8. The van der Waals surface area contributed by atoms with E-state index < -0.39 is 5.03 Å². The minimum Gasteiger partial charge on any atom is -0.232 e. The molecule has 1 rings (SSSR count). The largest absolute Gasteiger partial charge is 0.232 e. The molecular formula is C7H8N2O3. The Morgan fingerprint density at radius 1 is 1.42 bits per heavy atom. The molecule has 0 bridgehead atoms. The lowest BCUT2D eigenvalue weighted by atomic mass is 10.2. The number of rotatable bonds is 2. The Morgan fingerprint density at radius 3 is 2.33 bits per heavy atom. The van der Waals surface area contributed by atoms with E-state index in [1.165, 1.54) is 12.1 Å². The minimum atomic E-state index is -0.898. The fourth-order valence-corrected chi connectivity index (χ4v) is 0.772. The van der Waals surface area contributed by atoms with Gasteiger partial charge in [-0.15, -0.1) is 0 Å². The van der Waals surface area contributed by atoms with Crippen molar-refractivity contribution in [3.05, 3.63) is 39.9 Å². The van der Waals surface area contributed by atoms with Gasteiger partial charge in [0.25, 0.3) is 0 Å². The molecule has 0 aromatic heterocycles.